The van der Waals surface area contributed by atoms with Crippen LogP contribution in [-0.4, -0.2) is 32.1 Å². The number of nitrogen functional groups attached to an aromatic ring is 1. The zero-order valence-corrected chi connectivity index (χ0v) is 18.7. The van der Waals surface area contributed by atoms with Crippen LogP contribution in [0.2, 0.25) is 0 Å². The van der Waals surface area contributed by atoms with Crippen LogP contribution in [0, 0.1) is 0 Å². The first-order chi connectivity index (χ1) is 16.5. The van der Waals surface area contributed by atoms with Crippen LogP contribution in [0.25, 0.3) is 11.0 Å². The first kappa shape index (κ1) is 22.7. The number of para-hydroxylation sites is 3. The Balaban J connectivity index is 1.21. The lowest BCUT2D eigenvalue weighted by atomic mass is 10.2. The molecular formula is C26H25N3O5. The van der Waals surface area contributed by atoms with Crippen molar-refractivity contribution in [1.82, 2.24) is 5.32 Å². The molecule has 1 heterocycles. The van der Waals surface area contributed by atoms with Crippen molar-refractivity contribution in [2.24, 2.45) is 0 Å². The predicted octanol–water partition coefficient (Wildman–Crippen LogP) is 4.47. The Morgan fingerprint density at radius 2 is 1.76 bits per heavy atom. The van der Waals surface area contributed by atoms with Crippen molar-refractivity contribution in [2.75, 3.05) is 31.3 Å². The highest BCUT2D eigenvalue weighted by Gasteiger charge is 2.14. The summed E-state index contributed by atoms with van der Waals surface area (Å²) in [5, 5.41) is 6.41. The van der Waals surface area contributed by atoms with Crippen LogP contribution in [0.3, 0.4) is 0 Å². The highest BCUT2D eigenvalue weighted by atomic mass is 16.5. The smallest absolute Gasteiger partial charge is 0.287 e. The van der Waals surface area contributed by atoms with Crippen molar-refractivity contribution in [1.29, 1.82) is 0 Å². The van der Waals surface area contributed by atoms with Gasteiger partial charge < -0.3 is 30.3 Å². The van der Waals surface area contributed by atoms with Gasteiger partial charge in [0.05, 0.1) is 25.1 Å². The van der Waals surface area contributed by atoms with E-state index in [0.29, 0.717) is 53.6 Å². The summed E-state index contributed by atoms with van der Waals surface area (Å²) in [5.74, 6) is 0.888. The molecule has 0 aliphatic rings. The van der Waals surface area contributed by atoms with E-state index in [0.717, 1.165) is 5.39 Å². The van der Waals surface area contributed by atoms with Crippen molar-refractivity contribution in [2.45, 2.75) is 6.42 Å². The number of fused-ring (bicyclic) bond motifs is 1. The van der Waals surface area contributed by atoms with Gasteiger partial charge in [-0.1, -0.05) is 24.3 Å². The maximum absolute atomic E-state index is 12.4. The Morgan fingerprint density at radius 1 is 0.971 bits per heavy atom. The highest BCUT2D eigenvalue weighted by Crippen LogP contribution is 2.28. The van der Waals surface area contributed by atoms with Gasteiger partial charge in [0, 0.05) is 17.5 Å². The summed E-state index contributed by atoms with van der Waals surface area (Å²) >= 11 is 0. The van der Waals surface area contributed by atoms with Gasteiger partial charge in [-0.25, -0.2) is 0 Å². The molecule has 8 nitrogen and oxygen atoms in total. The fraction of sp³-hybridized carbons (Fsp3) is 0.154. The largest absolute Gasteiger partial charge is 0.494 e. The number of benzene rings is 3. The van der Waals surface area contributed by atoms with Gasteiger partial charge in [0.15, 0.2) is 17.1 Å². The number of carbonyl (C=O) groups is 2. The van der Waals surface area contributed by atoms with Gasteiger partial charge >= 0.3 is 0 Å². The molecule has 0 radical (unpaired) electrons. The number of hydrogen-bond donors (Lipinski definition) is 3. The molecule has 4 aromatic rings. The summed E-state index contributed by atoms with van der Waals surface area (Å²) in [7, 11) is 1.56. The third-order valence-corrected chi connectivity index (χ3v) is 5.15. The third-order valence-electron chi connectivity index (χ3n) is 5.15. The Bertz CT molecular complexity index is 1300. The van der Waals surface area contributed by atoms with Crippen LogP contribution < -0.4 is 25.8 Å². The Morgan fingerprint density at radius 3 is 2.53 bits per heavy atom. The van der Waals surface area contributed by atoms with Crippen molar-refractivity contribution in [3.05, 3.63) is 84.1 Å². The molecule has 8 heteroatoms. The standard InChI is InChI=1S/C26H25N3O5/c1-32-22-9-4-6-18-16-23(34-24(18)22)26(31)28-14-5-15-33-19-12-10-17(11-13-19)25(30)29-21-8-3-2-7-20(21)27/h2-4,6-13,16H,5,14-15,27H2,1H3,(H,28,31)(H,29,30). The maximum atomic E-state index is 12.4. The molecule has 3 aromatic carbocycles. The van der Waals surface area contributed by atoms with E-state index in [-0.39, 0.29) is 17.6 Å². The van der Waals surface area contributed by atoms with Crippen LogP contribution >= 0.6 is 0 Å². The Kier molecular flexibility index (Phi) is 6.98. The van der Waals surface area contributed by atoms with E-state index in [2.05, 4.69) is 10.6 Å². The zero-order chi connectivity index (χ0) is 23.9. The molecule has 0 unspecified atom stereocenters. The minimum Gasteiger partial charge on any atom is -0.494 e. The number of carbonyl (C=O) groups excluding carboxylic acids is 2. The minimum absolute atomic E-state index is 0.228. The molecule has 4 N–H and O–H groups in total. The summed E-state index contributed by atoms with van der Waals surface area (Å²) in [4.78, 5) is 24.8. The fourth-order valence-electron chi connectivity index (χ4n) is 3.37. The molecule has 0 aliphatic heterocycles. The number of furan rings is 1. The quantitative estimate of drug-likeness (QED) is 0.251. The first-order valence-electron chi connectivity index (χ1n) is 10.8. The predicted molar refractivity (Wildman–Crippen MR) is 130 cm³/mol. The van der Waals surface area contributed by atoms with Gasteiger partial charge in [0.2, 0.25) is 0 Å². The second-order valence-electron chi connectivity index (χ2n) is 7.51. The zero-order valence-electron chi connectivity index (χ0n) is 18.7. The number of rotatable bonds is 9. The molecule has 0 bridgehead atoms. The van der Waals surface area contributed by atoms with E-state index >= 15 is 0 Å². The lowest BCUT2D eigenvalue weighted by molar-refractivity contribution is 0.0925. The summed E-state index contributed by atoms with van der Waals surface area (Å²) < 4.78 is 16.6. The summed E-state index contributed by atoms with van der Waals surface area (Å²) in [6, 6.07) is 21.1. The summed E-state index contributed by atoms with van der Waals surface area (Å²) in [5.41, 5.74) is 7.96. The number of nitrogens with two attached hydrogens (primary N) is 1. The molecular weight excluding hydrogens is 434 g/mol. The second kappa shape index (κ2) is 10.4. The van der Waals surface area contributed by atoms with Gasteiger partial charge in [-0.2, -0.15) is 0 Å². The lowest BCUT2D eigenvalue weighted by Crippen LogP contribution is -2.25. The van der Waals surface area contributed by atoms with Crippen LogP contribution in [0.4, 0.5) is 11.4 Å². The van der Waals surface area contributed by atoms with Crippen molar-refractivity contribution < 1.29 is 23.5 Å². The summed E-state index contributed by atoms with van der Waals surface area (Å²) in [6.07, 6.45) is 0.602. The number of nitrogens with one attached hydrogen (secondary N) is 2. The SMILES string of the molecule is COc1cccc2cc(C(=O)NCCCOc3ccc(C(=O)Nc4ccccc4N)cc3)oc12. The van der Waals surface area contributed by atoms with Crippen molar-refractivity contribution in [3.63, 3.8) is 0 Å². The molecule has 0 aliphatic carbocycles. The Hall–Kier alpha value is -4.46. The summed E-state index contributed by atoms with van der Waals surface area (Å²) in [6.45, 7) is 0.826. The second-order valence-corrected chi connectivity index (χ2v) is 7.51. The molecule has 0 atom stereocenters. The van der Waals surface area contributed by atoms with Crippen LogP contribution in [0.5, 0.6) is 11.5 Å². The number of anilines is 2. The van der Waals surface area contributed by atoms with E-state index in [1.807, 2.05) is 12.1 Å². The van der Waals surface area contributed by atoms with Gasteiger partial charge in [-0.3, -0.25) is 9.59 Å². The maximum Gasteiger partial charge on any atom is 0.287 e. The van der Waals surface area contributed by atoms with Crippen molar-refractivity contribution in [3.8, 4) is 11.5 Å². The fourth-order valence-corrected chi connectivity index (χ4v) is 3.37. The van der Waals surface area contributed by atoms with E-state index in [1.54, 1.807) is 67.8 Å². The lowest BCUT2D eigenvalue weighted by Gasteiger charge is -2.09. The number of ether oxygens (including phenoxy) is 2. The normalized spacial score (nSPS) is 10.6. The molecule has 0 fully saturated rings. The molecule has 34 heavy (non-hydrogen) atoms. The minimum atomic E-state index is -0.298. The van der Waals surface area contributed by atoms with Gasteiger partial charge in [0.25, 0.3) is 11.8 Å². The first-order valence-corrected chi connectivity index (χ1v) is 10.8. The molecule has 174 valence electrons. The monoisotopic (exact) mass is 459 g/mol. The topological polar surface area (TPSA) is 116 Å². The van der Waals surface area contributed by atoms with Crippen LogP contribution in [-0.2, 0) is 0 Å². The molecule has 2 amide bonds. The van der Waals surface area contributed by atoms with E-state index in [4.69, 9.17) is 19.6 Å². The van der Waals surface area contributed by atoms with Crippen LogP contribution in [0.15, 0.2) is 77.2 Å². The average Bonchev–Trinajstić information content (AvgIpc) is 3.30. The molecule has 1 aromatic heterocycles. The van der Waals surface area contributed by atoms with E-state index in [1.165, 1.54) is 0 Å². The van der Waals surface area contributed by atoms with Gasteiger partial charge in [0.1, 0.15) is 5.75 Å². The Labute approximate surface area is 196 Å². The molecule has 0 spiro atoms. The third kappa shape index (κ3) is 5.29. The molecule has 0 saturated carbocycles. The van der Waals surface area contributed by atoms with Gasteiger partial charge in [-0.05, 0) is 55.0 Å². The number of amides is 2. The number of hydrogen-bond acceptors (Lipinski definition) is 6. The average molecular weight is 460 g/mol. The van der Waals surface area contributed by atoms with Gasteiger partial charge in [-0.15, -0.1) is 0 Å². The van der Waals surface area contributed by atoms with Crippen LogP contribution in [0.1, 0.15) is 27.3 Å². The van der Waals surface area contributed by atoms with Crippen molar-refractivity contribution >= 4 is 34.2 Å². The van der Waals surface area contributed by atoms with E-state index in [9.17, 15) is 9.59 Å². The molecule has 0 saturated heterocycles. The molecule has 4 rings (SSSR count). The highest BCUT2D eigenvalue weighted by molar-refractivity contribution is 6.05. The number of methoxy groups -OCH3 is 1. The van der Waals surface area contributed by atoms with E-state index < -0.39 is 0 Å².